The summed E-state index contributed by atoms with van der Waals surface area (Å²) in [4.78, 5) is 22.9. The van der Waals surface area contributed by atoms with Gasteiger partial charge in [-0.3, -0.25) is 4.79 Å². The Morgan fingerprint density at radius 2 is 2.09 bits per heavy atom. The molecule has 0 spiro atoms. The van der Waals surface area contributed by atoms with E-state index in [4.69, 9.17) is 19.5 Å². The van der Waals surface area contributed by atoms with Crippen LogP contribution in [0.1, 0.15) is 12.5 Å². The van der Waals surface area contributed by atoms with Gasteiger partial charge in [0.25, 0.3) is 5.91 Å². The monoisotopic (exact) mass is 318 g/mol. The molecule has 1 N–H and O–H groups in total. The maximum atomic E-state index is 11.5. The fourth-order valence-electron chi connectivity index (χ4n) is 1.69. The Hall–Kier alpha value is -3.01. The Labute approximate surface area is 134 Å². The Morgan fingerprint density at radius 1 is 1.35 bits per heavy atom. The minimum atomic E-state index is -0.501. The third-order valence-corrected chi connectivity index (χ3v) is 2.74. The Kier molecular flexibility index (Phi) is 7.14. The normalized spacial score (nSPS) is 10.4. The number of carbonyl (C=O) groups excluding carboxylic acids is 2. The average molecular weight is 318 g/mol. The molecule has 0 unspecified atom stereocenters. The Bertz CT molecular complexity index is 646. The highest BCUT2D eigenvalue weighted by molar-refractivity contribution is 6.01. The maximum Gasteiger partial charge on any atom is 0.344 e. The molecule has 0 radical (unpaired) electrons. The number of nitrogens with one attached hydrogen (secondary N) is 1. The van der Waals surface area contributed by atoms with Gasteiger partial charge in [-0.1, -0.05) is 6.07 Å². The van der Waals surface area contributed by atoms with Crippen LogP contribution in [0.5, 0.6) is 11.5 Å². The second-order valence-electron chi connectivity index (χ2n) is 4.25. The molecule has 0 aromatic heterocycles. The third kappa shape index (κ3) is 5.36. The van der Waals surface area contributed by atoms with Gasteiger partial charge in [0.15, 0.2) is 18.1 Å². The molecular formula is C16H18N2O5. The highest BCUT2D eigenvalue weighted by Gasteiger charge is 2.11. The van der Waals surface area contributed by atoms with Crippen molar-refractivity contribution in [1.29, 1.82) is 5.26 Å². The summed E-state index contributed by atoms with van der Waals surface area (Å²) in [6.07, 6.45) is 1.41. The van der Waals surface area contributed by atoms with Gasteiger partial charge in [-0.25, -0.2) is 4.79 Å². The molecule has 0 bridgehead atoms. The number of rotatable bonds is 7. The first-order valence-electron chi connectivity index (χ1n) is 6.86. The van der Waals surface area contributed by atoms with Gasteiger partial charge in [0.2, 0.25) is 0 Å². The van der Waals surface area contributed by atoms with Crippen LogP contribution in [0.15, 0.2) is 23.8 Å². The molecule has 0 heterocycles. The van der Waals surface area contributed by atoms with Crippen LogP contribution in [0.25, 0.3) is 6.08 Å². The molecule has 0 atom stereocenters. The molecule has 0 saturated heterocycles. The lowest BCUT2D eigenvalue weighted by Crippen LogP contribution is -2.19. The summed E-state index contributed by atoms with van der Waals surface area (Å²) in [5.74, 6) is -0.260. The zero-order chi connectivity index (χ0) is 17.2. The number of hydrogen-bond acceptors (Lipinski definition) is 6. The van der Waals surface area contributed by atoms with Crippen LogP contribution >= 0.6 is 0 Å². The van der Waals surface area contributed by atoms with E-state index < -0.39 is 11.9 Å². The summed E-state index contributed by atoms with van der Waals surface area (Å²) >= 11 is 0. The van der Waals surface area contributed by atoms with Crippen molar-refractivity contribution in [1.82, 2.24) is 5.32 Å². The maximum absolute atomic E-state index is 11.5. The van der Waals surface area contributed by atoms with E-state index in [2.05, 4.69) is 5.32 Å². The van der Waals surface area contributed by atoms with Gasteiger partial charge in [0.05, 0.1) is 13.7 Å². The zero-order valence-corrected chi connectivity index (χ0v) is 13.2. The van der Waals surface area contributed by atoms with E-state index in [0.29, 0.717) is 17.1 Å². The lowest BCUT2D eigenvalue weighted by molar-refractivity contribution is -0.145. The lowest BCUT2D eigenvalue weighted by atomic mass is 10.1. The number of methoxy groups -OCH3 is 1. The van der Waals surface area contributed by atoms with E-state index in [1.165, 1.54) is 20.2 Å². The standard InChI is InChI=1S/C16H18N2O5/c1-4-22-15(19)10-23-14-8-11(5-6-13(14)21-3)7-12(9-17)16(20)18-2/h5-8H,4,10H2,1-3H3,(H,18,20)/b12-7-. The average Bonchev–Trinajstić information content (AvgIpc) is 2.57. The van der Waals surface area contributed by atoms with Crippen LogP contribution in [-0.2, 0) is 14.3 Å². The molecular weight excluding hydrogens is 300 g/mol. The first-order chi connectivity index (χ1) is 11.0. The number of hydrogen-bond donors (Lipinski definition) is 1. The highest BCUT2D eigenvalue weighted by Crippen LogP contribution is 2.29. The number of carbonyl (C=O) groups is 2. The number of nitriles is 1. The Balaban J connectivity index is 3.03. The van der Waals surface area contributed by atoms with Crippen LogP contribution in [0.4, 0.5) is 0 Å². The van der Waals surface area contributed by atoms with Gasteiger partial charge in [-0.2, -0.15) is 5.26 Å². The smallest absolute Gasteiger partial charge is 0.344 e. The summed E-state index contributed by atoms with van der Waals surface area (Å²) in [6.45, 7) is 1.70. The molecule has 0 fully saturated rings. The van der Waals surface area contributed by atoms with Crippen LogP contribution in [0.3, 0.4) is 0 Å². The van der Waals surface area contributed by atoms with Crippen molar-refractivity contribution < 1.29 is 23.8 Å². The number of benzene rings is 1. The summed E-state index contributed by atoms with van der Waals surface area (Å²) in [5, 5.41) is 11.4. The minimum Gasteiger partial charge on any atom is -0.493 e. The molecule has 1 aromatic rings. The number of amides is 1. The van der Waals surface area contributed by atoms with Gasteiger partial charge >= 0.3 is 5.97 Å². The highest BCUT2D eigenvalue weighted by atomic mass is 16.6. The SMILES string of the molecule is CCOC(=O)COc1cc(/C=C(/C#N)C(=O)NC)ccc1OC. The van der Waals surface area contributed by atoms with Crippen molar-refractivity contribution in [2.24, 2.45) is 0 Å². The van der Waals surface area contributed by atoms with Gasteiger partial charge in [-0.15, -0.1) is 0 Å². The first-order valence-corrected chi connectivity index (χ1v) is 6.86. The van der Waals surface area contributed by atoms with Crippen molar-refractivity contribution in [2.75, 3.05) is 27.4 Å². The van der Waals surface area contributed by atoms with Gasteiger partial charge < -0.3 is 19.5 Å². The zero-order valence-electron chi connectivity index (χ0n) is 13.2. The van der Waals surface area contributed by atoms with E-state index in [-0.39, 0.29) is 18.8 Å². The fraction of sp³-hybridized carbons (Fsp3) is 0.312. The van der Waals surface area contributed by atoms with E-state index >= 15 is 0 Å². The largest absolute Gasteiger partial charge is 0.493 e. The van der Waals surface area contributed by atoms with Gasteiger partial charge in [0.1, 0.15) is 11.6 Å². The molecule has 0 aliphatic carbocycles. The van der Waals surface area contributed by atoms with Crippen LogP contribution in [0.2, 0.25) is 0 Å². The molecule has 1 rings (SSSR count). The van der Waals surface area contributed by atoms with Crippen molar-refractivity contribution in [2.45, 2.75) is 6.92 Å². The van der Waals surface area contributed by atoms with E-state index in [0.717, 1.165) is 0 Å². The minimum absolute atomic E-state index is 0.0472. The van der Waals surface area contributed by atoms with Gasteiger partial charge in [-0.05, 0) is 30.7 Å². The first kappa shape index (κ1) is 18.0. The number of likely N-dealkylation sites (N-methyl/N-ethyl adjacent to an activating group) is 1. The predicted molar refractivity (Wildman–Crippen MR) is 82.8 cm³/mol. The summed E-state index contributed by atoms with van der Waals surface area (Å²) in [5.41, 5.74) is 0.513. The molecule has 0 aliphatic rings. The van der Waals surface area contributed by atoms with Crippen molar-refractivity contribution >= 4 is 18.0 Å². The van der Waals surface area contributed by atoms with E-state index in [1.54, 1.807) is 25.1 Å². The van der Waals surface area contributed by atoms with Crippen molar-refractivity contribution in [3.05, 3.63) is 29.3 Å². The van der Waals surface area contributed by atoms with Crippen molar-refractivity contribution in [3.8, 4) is 17.6 Å². The van der Waals surface area contributed by atoms with E-state index in [9.17, 15) is 9.59 Å². The molecule has 7 heteroatoms. The van der Waals surface area contributed by atoms with E-state index in [1.807, 2.05) is 6.07 Å². The topological polar surface area (TPSA) is 97.7 Å². The molecule has 1 amide bonds. The van der Waals surface area contributed by atoms with Crippen LogP contribution in [-0.4, -0.2) is 39.2 Å². The summed E-state index contributed by atoms with van der Waals surface area (Å²) in [6, 6.07) is 6.67. The lowest BCUT2D eigenvalue weighted by Gasteiger charge is -2.11. The fourth-order valence-corrected chi connectivity index (χ4v) is 1.69. The van der Waals surface area contributed by atoms with Crippen LogP contribution in [0, 0.1) is 11.3 Å². The number of esters is 1. The third-order valence-electron chi connectivity index (χ3n) is 2.74. The molecule has 122 valence electrons. The van der Waals surface area contributed by atoms with Crippen molar-refractivity contribution in [3.63, 3.8) is 0 Å². The molecule has 7 nitrogen and oxygen atoms in total. The second kappa shape index (κ2) is 9.10. The number of ether oxygens (including phenoxy) is 3. The molecule has 23 heavy (non-hydrogen) atoms. The van der Waals surface area contributed by atoms with Crippen LogP contribution < -0.4 is 14.8 Å². The molecule has 0 saturated carbocycles. The second-order valence-corrected chi connectivity index (χ2v) is 4.25. The van der Waals surface area contributed by atoms with Gasteiger partial charge in [0, 0.05) is 7.05 Å². The quantitative estimate of drug-likeness (QED) is 0.462. The molecule has 1 aromatic carbocycles. The summed E-state index contributed by atoms with van der Waals surface area (Å²) < 4.78 is 15.3. The number of nitrogens with zero attached hydrogens (tertiary/aromatic N) is 1. The summed E-state index contributed by atoms with van der Waals surface area (Å²) in [7, 11) is 2.91. The predicted octanol–water partition coefficient (Wildman–Crippen LogP) is 1.29. The molecule has 0 aliphatic heterocycles. The Morgan fingerprint density at radius 3 is 2.65 bits per heavy atom.